The van der Waals surface area contributed by atoms with E-state index in [4.69, 9.17) is 16.1 Å². The number of hydrogen-bond acceptors (Lipinski definition) is 5. The molecule has 1 aromatic heterocycles. The Hall–Kier alpha value is -1.73. The van der Waals surface area contributed by atoms with E-state index >= 15 is 0 Å². The van der Waals surface area contributed by atoms with Gasteiger partial charge in [-0.3, -0.25) is 0 Å². The van der Waals surface area contributed by atoms with Crippen molar-refractivity contribution in [2.24, 2.45) is 0 Å². The van der Waals surface area contributed by atoms with E-state index in [2.05, 4.69) is 15.2 Å². The molecule has 0 atom stereocenters. The number of benzene rings is 1. The third-order valence-electron chi connectivity index (χ3n) is 2.71. The van der Waals surface area contributed by atoms with Gasteiger partial charge in [0.25, 0.3) is 15.9 Å². The van der Waals surface area contributed by atoms with Crippen LogP contribution in [0.1, 0.15) is 11.3 Å². The highest BCUT2D eigenvalue weighted by Crippen LogP contribution is 2.29. The van der Waals surface area contributed by atoms with Gasteiger partial charge in [-0.2, -0.15) is 0 Å². The van der Waals surface area contributed by atoms with Crippen LogP contribution < -0.4 is 10.0 Å². The summed E-state index contributed by atoms with van der Waals surface area (Å²) in [7, 11) is -2.17. The van der Waals surface area contributed by atoms with Gasteiger partial charge in [-0.1, -0.05) is 22.8 Å². The summed E-state index contributed by atoms with van der Waals surface area (Å²) in [5, 5.41) is 6.59. The number of aromatic nitrogens is 1. The van der Waals surface area contributed by atoms with Crippen molar-refractivity contribution in [3.63, 3.8) is 0 Å². The van der Waals surface area contributed by atoms with Crippen molar-refractivity contribution < 1.29 is 12.9 Å². The average molecular weight is 316 g/mol. The zero-order valence-electron chi connectivity index (χ0n) is 11.2. The second-order valence-electron chi connectivity index (χ2n) is 4.27. The second kappa shape index (κ2) is 5.34. The summed E-state index contributed by atoms with van der Waals surface area (Å²) in [5.41, 5.74) is 1.72. The molecule has 0 fully saturated rings. The Morgan fingerprint density at radius 2 is 2.00 bits per heavy atom. The summed E-state index contributed by atoms with van der Waals surface area (Å²) in [5.74, 6) is -0.0901. The maximum Gasteiger partial charge on any atom is 0.266 e. The first-order chi connectivity index (χ1) is 9.35. The minimum atomic E-state index is -3.82. The van der Waals surface area contributed by atoms with Gasteiger partial charge in [-0.05, 0) is 31.5 Å². The van der Waals surface area contributed by atoms with E-state index in [-0.39, 0.29) is 15.8 Å². The van der Waals surface area contributed by atoms with Gasteiger partial charge in [0.1, 0.15) is 15.6 Å². The Balaban J connectivity index is 2.45. The van der Waals surface area contributed by atoms with Crippen molar-refractivity contribution in [1.29, 1.82) is 0 Å². The molecular formula is C12H14ClN3O3S. The zero-order valence-corrected chi connectivity index (χ0v) is 12.8. The third-order valence-corrected chi connectivity index (χ3v) is 4.53. The lowest BCUT2D eigenvalue weighted by atomic mass is 10.2. The van der Waals surface area contributed by atoms with Crippen molar-refractivity contribution in [3.05, 3.63) is 34.5 Å². The third kappa shape index (κ3) is 2.73. The van der Waals surface area contributed by atoms with Gasteiger partial charge in [-0.15, -0.1) is 0 Å². The zero-order chi connectivity index (χ0) is 14.9. The number of nitrogens with one attached hydrogen (secondary N) is 2. The van der Waals surface area contributed by atoms with Crippen LogP contribution in [0.3, 0.4) is 0 Å². The van der Waals surface area contributed by atoms with E-state index in [0.717, 1.165) is 5.56 Å². The SMILES string of the molecule is CNc1ccc(C)cc1S(=O)(=O)Nc1onc(C)c1Cl. The molecule has 0 saturated carbocycles. The Morgan fingerprint density at radius 3 is 2.55 bits per heavy atom. The van der Waals surface area contributed by atoms with E-state index in [9.17, 15) is 8.42 Å². The van der Waals surface area contributed by atoms with Gasteiger partial charge in [0, 0.05) is 7.05 Å². The molecule has 0 aliphatic rings. The summed E-state index contributed by atoms with van der Waals surface area (Å²) >= 11 is 5.91. The average Bonchev–Trinajstić information content (AvgIpc) is 2.70. The molecule has 0 aliphatic carbocycles. The molecule has 1 aromatic carbocycles. The number of hydrogen-bond donors (Lipinski definition) is 2. The van der Waals surface area contributed by atoms with Crippen molar-refractivity contribution >= 4 is 33.2 Å². The molecule has 8 heteroatoms. The molecule has 0 bridgehead atoms. The van der Waals surface area contributed by atoms with E-state index in [1.165, 1.54) is 0 Å². The van der Waals surface area contributed by atoms with Crippen LogP contribution in [-0.2, 0) is 10.0 Å². The van der Waals surface area contributed by atoms with Gasteiger partial charge in [0.15, 0.2) is 0 Å². The number of halogens is 1. The van der Waals surface area contributed by atoms with Crippen LogP contribution in [0.5, 0.6) is 0 Å². The highest BCUT2D eigenvalue weighted by molar-refractivity contribution is 7.92. The maximum atomic E-state index is 12.4. The lowest BCUT2D eigenvalue weighted by Gasteiger charge is -2.11. The number of sulfonamides is 1. The lowest BCUT2D eigenvalue weighted by molar-refractivity contribution is 0.430. The van der Waals surface area contributed by atoms with Crippen LogP contribution in [0.25, 0.3) is 0 Å². The van der Waals surface area contributed by atoms with Crippen LogP contribution in [0, 0.1) is 13.8 Å². The molecular weight excluding hydrogens is 302 g/mol. The molecule has 6 nitrogen and oxygen atoms in total. The molecule has 1 heterocycles. The summed E-state index contributed by atoms with van der Waals surface area (Å²) in [4.78, 5) is 0.116. The van der Waals surface area contributed by atoms with E-state index < -0.39 is 10.0 Å². The Morgan fingerprint density at radius 1 is 1.30 bits per heavy atom. The topological polar surface area (TPSA) is 84.2 Å². The van der Waals surface area contributed by atoms with Crippen molar-refractivity contribution in [3.8, 4) is 0 Å². The monoisotopic (exact) mass is 315 g/mol. The minimum Gasteiger partial charge on any atom is -0.387 e. The molecule has 2 N–H and O–H groups in total. The van der Waals surface area contributed by atoms with Gasteiger partial charge in [0.2, 0.25) is 0 Å². The van der Waals surface area contributed by atoms with Gasteiger partial charge in [-0.25, -0.2) is 13.1 Å². The van der Waals surface area contributed by atoms with Crippen LogP contribution in [0.15, 0.2) is 27.6 Å². The van der Waals surface area contributed by atoms with Crippen molar-refractivity contribution in [1.82, 2.24) is 5.16 Å². The normalized spacial score (nSPS) is 11.4. The van der Waals surface area contributed by atoms with Crippen molar-refractivity contribution in [2.75, 3.05) is 17.1 Å². The standard InChI is InChI=1S/C12H14ClN3O3S/c1-7-4-5-9(14-3)10(6-7)20(17,18)16-12-11(13)8(2)15-19-12/h4-6,14,16H,1-3H3. The molecule has 0 amide bonds. The summed E-state index contributed by atoms with van der Waals surface area (Å²) in [6.45, 7) is 3.43. The van der Waals surface area contributed by atoms with Gasteiger partial charge in [0.05, 0.1) is 5.69 Å². The highest BCUT2D eigenvalue weighted by atomic mass is 35.5. The Labute approximate surface area is 122 Å². The molecule has 0 unspecified atom stereocenters. The first-order valence-electron chi connectivity index (χ1n) is 5.78. The van der Waals surface area contributed by atoms with Gasteiger partial charge < -0.3 is 9.84 Å². The van der Waals surface area contributed by atoms with Crippen LogP contribution in [-0.4, -0.2) is 20.6 Å². The molecule has 2 aromatic rings. The number of anilines is 2. The molecule has 0 saturated heterocycles. The molecule has 0 aliphatic heterocycles. The molecule has 0 radical (unpaired) electrons. The smallest absolute Gasteiger partial charge is 0.266 e. The largest absolute Gasteiger partial charge is 0.387 e. The maximum absolute atomic E-state index is 12.4. The van der Waals surface area contributed by atoms with Gasteiger partial charge >= 0.3 is 0 Å². The van der Waals surface area contributed by atoms with E-state index in [0.29, 0.717) is 11.4 Å². The first-order valence-corrected chi connectivity index (χ1v) is 7.64. The molecule has 2 rings (SSSR count). The van der Waals surface area contributed by atoms with Crippen LogP contribution >= 0.6 is 11.6 Å². The van der Waals surface area contributed by atoms with Crippen LogP contribution in [0.4, 0.5) is 11.6 Å². The minimum absolute atomic E-state index is 0.0901. The number of nitrogens with zero attached hydrogens (tertiary/aromatic N) is 1. The van der Waals surface area contributed by atoms with E-state index in [1.54, 1.807) is 26.1 Å². The molecule has 20 heavy (non-hydrogen) atoms. The second-order valence-corrected chi connectivity index (χ2v) is 6.29. The first kappa shape index (κ1) is 14.7. The summed E-state index contributed by atoms with van der Waals surface area (Å²) < 4.78 is 32.0. The predicted octanol–water partition coefficient (Wildman–Crippen LogP) is 2.79. The fourth-order valence-corrected chi connectivity index (χ4v) is 3.12. The van der Waals surface area contributed by atoms with Crippen molar-refractivity contribution in [2.45, 2.75) is 18.7 Å². The van der Waals surface area contributed by atoms with Crippen LogP contribution in [0.2, 0.25) is 5.02 Å². The summed E-state index contributed by atoms with van der Waals surface area (Å²) in [6, 6.07) is 5.07. The number of rotatable bonds is 4. The molecule has 108 valence electrons. The Bertz CT molecular complexity index is 740. The molecule has 0 spiro atoms. The fraction of sp³-hybridized carbons (Fsp3) is 0.250. The fourth-order valence-electron chi connectivity index (χ4n) is 1.66. The quantitative estimate of drug-likeness (QED) is 0.906. The summed E-state index contributed by atoms with van der Waals surface area (Å²) in [6.07, 6.45) is 0. The lowest BCUT2D eigenvalue weighted by Crippen LogP contribution is -2.15. The number of aryl methyl sites for hydroxylation is 2. The van der Waals surface area contributed by atoms with E-state index in [1.807, 2.05) is 13.0 Å². The predicted molar refractivity (Wildman–Crippen MR) is 77.8 cm³/mol. The highest BCUT2D eigenvalue weighted by Gasteiger charge is 2.22. The Kier molecular flexibility index (Phi) is 3.92.